The highest BCUT2D eigenvalue weighted by Crippen LogP contribution is 2.32. The summed E-state index contributed by atoms with van der Waals surface area (Å²) in [5.74, 6) is 1.45. The Morgan fingerprint density at radius 3 is 2.85 bits per heavy atom. The van der Waals surface area contributed by atoms with Crippen molar-refractivity contribution in [1.82, 2.24) is 9.97 Å². The van der Waals surface area contributed by atoms with Crippen molar-refractivity contribution in [3.63, 3.8) is 0 Å². The second kappa shape index (κ2) is 10.7. The standard InChI is InChI=1S/C24H31ClN6O2/c1-32-21-6-5-16(11-19(21)27)30-23-12-17(18(25)13-28-23)20-3-2-4-22(31-20)29-15-24(14-26)7-9-33-10-8-24/h2-4,12-13,16,19,21H,5-11,15,27H2,1H3,(H,28,30)(H,29,31)/t16-,19+,21+/m0/s1. The van der Waals surface area contributed by atoms with Crippen molar-refractivity contribution in [1.29, 1.82) is 5.26 Å². The van der Waals surface area contributed by atoms with Crippen LogP contribution >= 0.6 is 11.6 Å². The number of pyridine rings is 2. The Kier molecular flexibility index (Phi) is 7.66. The highest BCUT2D eigenvalue weighted by Gasteiger charge is 2.32. The molecule has 8 nitrogen and oxygen atoms in total. The van der Waals surface area contributed by atoms with Crippen molar-refractivity contribution in [2.45, 2.75) is 50.3 Å². The van der Waals surface area contributed by atoms with E-state index in [1.54, 1.807) is 13.3 Å². The largest absolute Gasteiger partial charge is 0.381 e. The number of nitrogens with one attached hydrogen (secondary N) is 2. The first kappa shape index (κ1) is 23.7. The number of nitrogens with two attached hydrogens (primary N) is 1. The summed E-state index contributed by atoms with van der Waals surface area (Å²) in [6.07, 6.45) is 5.90. The van der Waals surface area contributed by atoms with Crippen LogP contribution < -0.4 is 16.4 Å². The van der Waals surface area contributed by atoms with Crippen LogP contribution in [0.5, 0.6) is 0 Å². The first-order valence-corrected chi connectivity index (χ1v) is 11.8. The number of halogens is 1. The summed E-state index contributed by atoms with van der Waals surface area (Å²) in [5, 5.41) is 17.1. The molecule has 0 aromatic carbocycles. The average Bonchev–Trinajstić information content (AvgIpc) is 2.85. The monoisotopic (exact) mass is 470 g/mol. The Morgan fingerprint density at radius 1 is 1.30 bits per heavy atom. The zero-order valence-electron chi connectivity index (χ0n) is 18.9. The fraction of sp³-hybridized carbons (Fsp3) is 0.542. The zero-order valence-corrected chi connectivity index (χ0v) is 19.6. The molecule has 1 aliphatic carbocycles. The average molecular weight is 471 g/mol. The van der Waals surface area contributed by atoms with E-state index in [1.807, 2.05) is 24.3 Å². The maximum atomic E-state index is 9.69. The summed E-state index contributed by atoms with van der Waals surface area (Å²) >= 11 is 6.49. The predicted octanol–water partition coefficient (Wildman–Crippen LogP) is 3.84. The zero-order chi connectivity index (χ0) is 23.3. The number of methoxy groups -OCH3 is 1. The van der Waals surface area contributed by atoms with Crippen molar-refractivity contribution in [3.8, 4) is 17.3 Å². The van der Waals surface area contributed by atoms with Crippen molar-refractivity contribution in [2.24, 2.45) is 11.1 Å². The van der Waals surface area contributed by atoms with Gasteiger partial charge >= 0.3 is 0 Å². The summed E-state index contributed by atoms with van der Waals surface area (Å²) in [7, 11) is 1.71. The summed E-state index contributed by atoms with van der Waals surface area (Å²) in [6, 6.07) is 10.4. The highest BCUT2D eigenvalue weighted by molar-refractivity contribution is 6.33. The van der Waals surface area contributed by atoms with Crippen molar-refractivity contribution < 1.29 is 9.47 Å². The van der Waals surface area contributed by atoms with E-state index < -0.39 is 5.41 Å². The van der Waals surface area contributed by atoms with Crippen LogP contribution in [0.1, 0.15) is 32.1 Å². The molecule has 4 rings (SSSR count). The van der Waals surface area contributed by atoms with Crippen LogP contribution in [-0.2, 0) is 9.47 Å². The molecule has 4 N–H and O–H groups in total. The number of aromatic nitrogens is 2. The van der Waals surface area contributed by atoms with Gasteiger partial charge in [-0.25, -0.2) is 9.97 Å². The number of nitriles is 1. The van der Waals surface area contributed by atoms with Crippen LogP contribution in [0.15, 0.2) is 30.5 Å². The number of hydrogen-bond acceptors (Lipinski definition) is 8. The molecule has 3 heterocycles. The van der Waals surface area contributed by atoms with E-state index in [9.17, 15) is 5.26 Å². The minimum atomic E-state index is -0.427. The van der Waals surface area contributed by atoms with Gasteiger partial charge in [-0.3, -0.25) is 0 Å². The number of rotatable bonds is 7. The van der Waals surface area contributed by atoms with Gasteiger partial charge in [0.15, 0.2) is 0 Å². The summed E-state index contributed by atoms with van der Waals surface area (Å²) in [5.41, 5.74) is 7.36. The lowest BCUT2D eigenvalue weighted by atomic mass is 9.82. The van der Waals surface area contributed by atoms with E-state index in [2.05, 4.69) is 21.7 Å². The van der Waals surface area contributed by atoms with Gasteiger partial charge in [0.05, 0.1) is 28.3 Å². The molecule has 2 aromatic rings. The van der Waals surface area contributed by atoms with Crippen LogP contribution in [0, 0.1) is 16.7 Å². The minimum Gasteiger partial charge on any atom is -0.381 e. The third-order valence-electron chi connectivity index (χ3n) is 6.66. The van der Waals surface area contributed by atoms with Gasteiger partial charge in [0.2, 0.25) is 0 Å². The van der Waals surface area contributed by atoms with Gasteiger partial charge in [-0.15, -0.1) is 0 Å². The third kappa shape index (κ3) is 5.74. The molecule has 1 aliphatic heterocycles. The lowest BCUT2D eigenvalue weighted by Crippen LogP contribution is -2.45. The van der Waals surface area contributed by atoms with E-state index in [1.165, 1.54) is 0 Å². The molecule has 2 aromatic heterocycles. The molecule has 2 fully saturated rings. The van der Waals surface area contributed by atoms with Gasteiger partial charge in [0, 0.05) is 50.7 Å². The van der Waals surface area contributed by atoms with Gasteiger partial charge in [0.25, 0.3) is 0 Å². The number of nitrogens with zero attached hydrogens (tertiary/aromatic N) is 3. The molecule has 176 valence electrons. The van der Waals surface area contributed by atoms with E-state index >= 15 is 0 Å². The molecule has 3 atom stereocenters. The first-order chi connectivity index (χ1) is 16.0. The van der Waals surface area contributed by atoms with Crippen LogP contribution in [0.25, 0.3) is 11.3 Å². The molecule has 0 bridgehead atoms. The smallest absolute Gasteiger partial charge is 0.126 e. The van der Waals surface area contributed by atoms with Crippen molar-refractivity contribution in [2.75, 3.05) is 37.5 Å². The Bertz CT molecular complexity index is 991. The molecule has 9 heteroatoms. The lowest BCUT2D eigenvalue weighted by Gasteiger charge is -2.33. The fourth-order valence-corrected chi connectivity index (χ4v) is 4.76. The predicted molar refractivity (Wildman–Crippen MR) is 129 cm³/mol. The maximum absolute atomic E-state index is 9.69. The molecule has 2 aliphatic rings. The molecular weight excluding hydrogens is 440 g/mol. The minimum absolute atomic E-state index is 0.00451. The molecule has 0 amide bonds. The quantitative estimate of drug-likeness (QED) is 0.558. The number of anilines is 2. The molecule has 0 spiro atoms. The SMILES string of the molecule is CO[C@@H]1CC[C@H](Nc2cc(-c3cccc(NCC4(C#N)CCOCC4)n3)c(Cl)cn2)C[C@H]1N. The Hall–Kier alpha value is -2.44. The van der Waals surface area contributed by atoms with Crippen molar-refractivity contribution in [3.05, 3.63) is 35.5 Å². The van der Waals surface area contributed by atoms with Gasteiger partial charge in [-0.1, -0.05) is 17.7 Å². The molecule has 1 saturated carbocycles. The Labute approximate surface area is 199 Å². The Morgan fingerprint density at radius 2 is 2.12 bits per heavy atom. The lowest BCUT2D eigenvalue weighted by molar-refractivity contribution is 0.0455. The van der Waals surface area contributed by atoms with Gasteiger partial charge < -0.3 is 25.8 Å². The van der Waals surface area contributed by atoms with E-state index in [4.69, 9.17) is 31.8 Å². The molecule has 0 unspecified atom stereocenters. The second-order valence-electron chi connectivity index (χ2n) is 8.91. The summed E-state index contributed by atoms with van der Waals surface area (Å²) in [6.45, 7) is 1.76. The van der Waals surface area contributed by atoms with Gasteiger partial charge in [-0.05, 0) is 50.3 Å². The number of hydrogen-bond donors (Lipinski definition) is 3. The first-order valence-electron chi connectivity index (χ1n) is 11.4. The fourth-order valence-electron chi connectivity index (χ4n) is 4.56. The van der Waals surface area contributed by atoms with Gasteiger partial charge in [-0.2, -0.15) is 5.26 Å². The van der Waals surface area contributed by atoms with Gasteiger partial charge in [0.1, 0.15) is 11.6 Å². The topological polar surface area (TPSA) is 118 Å². The van der Waals surface area contributed by atoms with Crippen molar-refractivity contribution >= 4 is 23.2 Å². The van der Waals surface area contributed by atoms with Crippen LogP contribution in [0.4, 0.5) is 11.6 Å². The van der Waals surface area contributed by atoms with E-state index in [-0.39, 0.29) is 18.2 Å². The summed E-state index contributed by atoms with van der Waals surface area (Å²) in [4.78, 5) is 9.20. The van der Waals surface area contributed by atoms with Crippen LogP contribution in [0.2, 0.25) is 5.02 Å². The molecule has 1 saturated heterocycles. The van der Waals surface area contributed by atoms with E-state index in [0.29, 0.717) is 30.6 Å². The third-order valence-corrected chi connectivity index (χ3v) is 6.97. The molecule has 33 heavy (non-hydrogen) atoms. The maximum Gasteiger partial charge on any atom is 0.126 e. The normalized spacial score (nSPS) is 24.6. The second-order valence-corrected chi connectivity index (χ2v) is 9.32. The Balaban J connectivity index is 1.46. The van der Waals surface area contributed by atoms with Crippen LogP contribution in [0.3, 0.4) is 0 Å². The summed E-state index contributed by atoms with van der Waals surface area (Å²) < 4.78 is 10.9. The molecule has 0 radical (unpaired) electrons. The van der Waals surface area contributed by atoms with Crippen LogP contribution in [-0.4, -0.2) is 55.0 Å². The van der Waals surface area contributed by atoms with E-state index in [0.717, 1.165) is 49.2 Å². The number of ether oxygens (including phenoxy) is 2. The highest BCUT2D eigenvalue weighted by atomic mass is 35.5. The molecular formula is C24H31ClN6O2.